The lowest BCUT2D eigenvalue weighted by Crippen LogP contribution is -2.11. The number of rotatable bonds is 8. The zero-order valence-electron chi connectivity index (χ0n) is 12.4. The molecule has 106 valence electrons. The lowest BCUT2D eigenvalue weighted by atomic mass is 10.2. The number of aryl methyl sites for hydroxylation is 1. The molecule has 1 aliphatic carbocycles. The Morgan fingerprint density at radius 1 is 1.05 bits per heavy atom. The molecule has 1 aromatic heterocycles. The highest BCUT2D eigenvalue weighted by atomic mass is 15.1. The second kappa shape index (κ2) is 6.73. The molecule has 4 heteroatoms. The molecule has 1 aliphatic rings. The van der Waals surface area contributed by atoms with Crippen LogP contribution in [-0.2, 0) is 0 Å². The number of anilines is 2. The molecular formula is C15H26N4. The summed E-state index contributed by atoms with van der Waals surface area (Å²) >= 11 is 0. The molecule has 2 rings (SSSR count). The second-order valence-corrected chi connectivity index (χ2v) is 5.53. The third kappa shape index (κ3) is 4.37. The first-order valence-electron chi connectivity index (χ1n) is 7.53. The van der Waals surface area contributed by atoms with Gasteiger partial charge in [-0.3, -0.25) is 0 Å². The molecule has 4 nitrogen and oxygen atoms in total. The van der Waals surface area contributed by atoms with E-state index in [1.165, 1.54) is 25.7 Å². The first-order valence-corrected chi connectivity index (χ1v) is 7.53. The van der Waals surface area contributed by atoms with Crippen molar-refractivity contribution in [2.24, 2.45) is 5.92 Å². The van der Waals surface area contributed by atoms with Crippen molar-refractivity contribution in [3.05, 3.63) is 11.4 Å². The molecule has 1 saturated carbocycles. The van der Waals surface area contributed by atoms with Gasteiger partial charge in [0.15, 0.2) is 0 Å². The van der Waals surface area contributed by atoms with Gasteiger partial charge in [0.2, 0.25) is 0 Å². The van der Waals surface area contributed by atoms with E-state index in [2.05, 4.69) is 34.4 Å². The van der Waals surface area contributed by atoms with E-state index in [4.69, 9.17) is 0 Å². The summed E-state index contributed by atoms with van der Waals surface area (Å²) in [6.45, 7) is 8.17. The Balaban J connectivity index is 1.91. The average molecular weight is 262 g/mol. The maximum Gasteiger partial charge on any atom is 0.134 e. The van der Waals surface area contributed by atoms with Crippen LogP contribution in [0.25, 0.3) is 0 Å². The fraction of sp³-hybridized carbons (Fsp3) is 0.733. The molecule has 0 saturated heterocycles. The van der Waals surface area contributed by atoms with E-state index in [1.54, 1.807) is 0 Å². The van der Waals surface area contributed by atoms with Gasteiger partial charge in [0.1, 0.15) is 17.5 Å². The molecule has 19 heavy (non-hydrogen) atoms. The molecule has 0 aromatic carbocycles. The van der Waals surface area contributed by atoms with Crippen LogP contribution in [-0.4, -0.2) is 23.1 Å². The van der Waals surface area contributed by atoms with E-state index in [-0.39, 0.29) is 0 Å². The minimum atomic E-state index is 0.828. The van der Waals surface area contributed by atoms with Gasteiger partial charge < -0.3 is 10.6 Å². The molecule has 1 heterocycles. The summed E-state index contributed by atoms with van der Waals surface area (Å²) in [6, 6.07) is 0. The van der Waals surface area contributed by atoms with Crippen molar-refractivity contribution < 1.29 is 0 Å². The van der Waals surface area contributed by atoms with Crippen molar-refractivity contribution in [1.29, 1.82) is 0 Å². The topological polar surface area (TPSA) is 49.8 Å². The lowest BCUT2D eigenvalue weighted by Gasteiger charge is -2.13. The molecular weight excluding hydrogens is 236 g/mol. The van der Waals surface area contributed by atoms with Crippen LogP contribution in [0, 0.1) is 19.8 Å². The van der Waals surface area contributed by atoms with Gasteiger partial charge in [-0.05, 0) is 39.0 Å². The summed E-state index contributed by atoms with van der Waals surface area (Å²) in [4.78, 5) is 8.99. The van der Waals surface area contributed by atoms with Crippen LogP contribution in [0.2, 0.25) is 0 Å². The lowest BCUT2D eigenvalue weighted by molar-refractivity contribution is 0.686. The van der Waals surface area contributed by atoms with Gasteiger partial charge in [-0.2, -0.15) is 0 Å². The van der Waals surface area contributed by atoms with Crippen molar-refractivity contribution in [1.82, 2.24) is 9.97 Å². The maximum absolute atomic E-state index is 4.51. The number of nitrogens with zero attached hydrogens (tertiary/aromatic N) is 2. The largest absolute Gasteiger partial charge is 0.370 e. The number of hydrogen-bond donors (Lipinski definition) is 2. The Hall–Kier alpha value is -1.32. The monoisotopic (exact) mass is 262 g/mol. The standard InChI is InChI=1S/C15H26N4/c1-4-9-16-14-11(2)15(19-12(3)18-14)17-10-5-6-13-7-8-13/h13H,4-10H2,1-3H3,(H2,16,17,18,19). The Morgan fingerprint density at radius 3 is 2.26 bits per heavy atom. The zero-order chi connectivity index (χ0) is 13.7. The van der Waals surface area contributed by atoms with E-state index in [9.17, 15) is 0 Å². The summed E-state index contributed by atoms with van der Waals surface area (Å²) in [5.74, 6) is 3.80. The van der Waals surface area contributed by atoms with Crippen LogP contribution >= 0.6 is 0 Å². The van der Waals surface area contributed by atoms with Gasteiger partial charge in [0, 0.05) is 18.7 Å². The van der Waals surface area contributed by atoms with Crippen molar-refractivity contribution >= 4 is 11.6 Å². The Kier molecular flexibility index (Phi) is 5.00. The molecule has 0 amide bonds. The average Bonchev–Trinajstić information content (AvgIpc) is 3.20. The van der Waals surface area contributed by atoms with Gasteiger partial charge in [-0.25, -0.2) is 9.97 Å². The van der Waals surface area contributed by atoms with Gasteiger partial charge in [0.25, 0.3) is 0 Å². The first kappa shape index (κ1) is 14.1. The van der Waals surface area contributed by atoms with Crippen molar-refractivity contribution in [3.8, 4) is 0 Å². The summed E-state index contributed by atoms with van der Waals surface area (Å²) in [7, 11) is 0. The SMILES string of the molecule is CCCNc1nc(C)nc(NCCCC2CC2)c1C. The maximum atomic E-state index is 4.51. The van der Waals surface area contributed by atoms with E-state index in [0.717, 1.165) is 48.5 Å². The minimum Gasteiger partial charge on any atom is -0.370 e. The molecule has 0 atom stereocenters. The summed E-state index contributed by atoms with van der Waals surface area (Å²) in [5.41, 5.74) is 1.13. The molecule has 0 bridgehead atoms. The summed E-state index contributed by atoms with van der Waals surface area (Å²) < 4.78 is 0. The third-order valence-corrected chi connectivity index (χ3v) is 3.58. The molecule has 0 spiro atoms. The highest BCUT2D eigenvalue weighted by Gasteiger charge is 2.20. The fourth-order valence-electron chi connectivity index (χ4n) is 2.22. The smallest absolute Gasteiger partial charge is 0.134 e. The Morgan fingerprint density at radius 2 is 1.68 bits per heavy atom. The first-order chi connectivity index (χ1) is 9.20. The van der Waals surface area contributed by atoms with E-state index in [1.807, 2.05) is 6.92 Å². The second-order valence-electron chi connectivity index (χ2n) is 5.53. The van der Waals surface area contributed by atoms with E-state index in [0.29, 0.717) is 0 Å². The summed E-state index contributed by atoms with van der Waals surface area (Å²) in [6.07, 6.45) is 6.59. The Bertz CT molecular complexity index is 413. The van der Waals surface area contributed by atoms with Gasteiger partial charge in [-0.15, -0.1) is 0 Å². The highest BCUT2D eigenvalue weighted by molar-refractivity contribution is 5.57. The van der Waals surface area contributed by atoms with E-state index >= 15 is 0 Å². The molecule has 0 aliphatic heterocycles. The van der Waals surface area contributed by atoms with Crippen LogP contribution in [0.3, 0.4) is 0 Å². The number of hydrogen-bond acceptors (Lipinski definition) is 4. The summed E-state index contributed by atoms with van der Waals surface area (Å²) in [5, 5.41) is 6.83. The third-order valence-electron chi connectivity index (χ3n) is 3.58. The van der Waals surface area contributed by atoms with Gasteiger partial charge >= 0.3 is 0 Å². The predicted octanol–water partition coefficient (Wildman–Crippen LogP) is 3.52. The van der Waals surface area contributed by atoms with Crippen LogP contribution in [0.1, 0.15) is 50.4 Å². The Labute approximate surface area is 116 Å². The van der Waals surface area contributed by atoms with Crippen LogP contribution in [0.4, 0.5) is 11.6 Å². The van der Waals surface area contributed by atoms with Crippen LogP contribution < -0.4 is 10.6 Å². The predicted molar refractivity (Wildman–Crippen MR) is 80.7 cm³/mol. The number of aromatic nitrogens is 2. The fourth-order valence-corrected chi connectivity index (χ4v) is 2.22. The van der Waals surface area contributed by atoms with Gasteiger partial charge in [0.05, 0.1) is 0 Å². The molecule has 2 N–H and O–H groups in total. The van der Waals surface area contributed by atoms with Crippen molar-refractivity contribution in [2.45, 2.75) is 52.9 Å². The van der Waals surface area contributed by atoms with Crippen LogP contribution in [0.5, 0.6) is 0 Å². The molecule has 1 fully saturated rings. The minimum absolute atomic E-state index is 0.828. The normalized spacial score (nSPS) is 14.5. The van der Waals surface area contributed by atoms with Crippen molar-refractivity contribution in [2.75, 3.05) is 23.7 Å². The van der Waals surface area contributed by atoms with Crippen LogP contribution in [0.15, 0.2) is 0 Å². The van der Waals surface area contributed by atoms with E-state index < -0.39 is 0 Å². The number of nitrogens with one attached hydrogen (secondary N) is 2. The van der Waals surface area contributed by atoms with Crippen molar-refractivity contribution in [3.63, 3.8) is 0 Å². The van der Waals surface area contributed by atoms with Gasteiger partial charge in [-0.1, -0.05) is 19.8 Å². The molecule has 0 unspecified atom stereocenters. The molecule has 0 radical (unpaired) electrons. The molecule has 1 aromatic rings. The highest BCUT2D eigenvalue weighted by Crippen LogP contribution is 2.33. The quantitative estimate of drug-likeness (QED) is 0.704. The zero-order valence-corrected chi connectivity index (χ0v) is 12.4.